The first-order valence-electron chi connectivity index (χ1n) is 7.02. The van der Waals surface area contributed by atoms with Crippen molar-refractivity contribution in [2.45, 2.75) is 12.6 Å². The fourth-order valence-corrected chi connectivity index (χ4v) is 2.99. The Labute approximate surface area is 128 Å². The van der Waals surface area contributed by atoms with Crippen molar-refractivity contribution in [2.24, 2.45) is 0 Å². The minimum Gasteiger partial charge on any atom is -0.366 e. The predicted molar refractivity (Wildman–Crippen MR) is 84.4 cm³/mol. The molecule has 5 heteroatoms. The van der Waals surface area contributed by atoms with Crippen LogP contribution < -0.4 is 5.32 Å². The molecule has 1 aliphatic heterocycles. The van der Waals surface area contributed by atoms with E-state index in [1.165, 1.54) is 5.56 Å². The Morgan fingerprint density at radius 3 is 2.95 bits per heavy atom. The van der Waals surface area contributed by atoms with E-state index in [0.717, 1.165) is 18.8 Å². The fourth-order valence-electron chi connectivity index (χ4n) is 2.40. The van der Waals surface area contributed by atoms with Crippen molar-refractivity contribution < 1.29 is 9.53 Å². The molecule has 110 valence electrons. The van der Waals surface area contributed by atoms with E-state index in [2.05, 4.69) is 22.3 Å². The molecule has 1 saturated heterocycles. The molecule has 0 bridgehead atoms. The second-order valence-electron chi connectivity index (χ2n) is 5.08. The minimum absolute atomic E-state index is 0.0637. The zero-order valence-electron chi connectivity index (χ0n) is 11.7. The van der Waals surface area contributed by atoms with Crippen molar-refractivity contribution in [1.82, 2.24) is 4.90 Å². The number of nitrogens with zero attached hydrogens (tertiary/aromatic N) is 1. The molecule has 1 atom stereocenters. The third-order valence-electron chi connectivity index (χ3n) is 3.48. The molecule has 0 aliphatic carbocycles. The number of benzene rings is 1. The molecule has 2 heterocycles. The normalized spacial score (nSPS) is 19.3. The van der Waals surface area contributed by atoms with Gasteiger partial charge in [0, 0.05) is 25.0 Å². The van der Waals surface area contributed by atoms with Crippen molar-refractivity contribution in [3.63, 3.8) is 0 Å². The zero-order valence-corrected chi connectivity index (χ0v) is 12.5. The van der Waals surface area contributed by atoms with E-state index in [9.17, 15) is 4.79 Å². The van der Waals surface area contributed by atoms with Crippen molar-refractivity contribution in [3.05, 3.63) is 52.7 Å². The Morgan fingerprint density at radius 2 is 2.19 bits per heavy atom. The van der Waals surface area contributed by atoms with Crippen molar-refractivity contribution in [1.29, 1.82) is 0 Å². The highest BCUT2D eigenvalue weighted by atomic mass is 32.1. The largest absolute Gasteiger partial charge is 0.366 e. The predicted octanol–water partition coefficient (Wildman–Crippen LogP) is 2.59. The number of rotatable bonds is 4. The first-order chi connectivity index (χ1) is 10.3. The van der Waals surface area contributed by atoms with Gasteiger partial charge < -0.3 is 10.1 Å². The molecule has 1 amide bonds. The van der Waals surface area contributed by atoms with E-state index in [-0.39, 0.29) is 5.91 Å². The smallest absolute Gasteiger partial charge is 0.254 e. The first-order valence-corrected chi connectivity index (χ1v) is 7.96. The van der Waals surface area contributed by atoms with Crippen LogP contribution in [0.3, 0.4) is 0 Å². The summed E-state index contributed by atoms with van der Waals surface area (Å²) in [5.41, 5.74) is 2.10. The van der Waals surface area contributed by atoms with Crippen LogP contribution in [0.4, 0.5) is 5.69 Å². The lowest BCUT2D eigenvalue weighted by Crippen LogP contribution is -2.47. The third-order valence-corrected chi connectivity index (χ3v) is 4.16. The van der Waals surface area contributed by atoms with Crippen molar-refractivity contribution in [3.8, 4) is 0 Å². The first kappa shape index (κ1) is 14.3. The van der Waals surface area contributed by atoms with Gasteiger partial charge in [-0.2, -0.15) is 11.3 Å². The lowest BCUT2D eigenvalue weighted by atomic mass is 10.2. The molecule has 21 heavy (non-hydrogen) atoms. The number of morpholine rings is 1. The maximum atomic E-state index is 12.2. The summed E-state index contributed by atoms with van der Waals surface area (Å²) in [6.45, 7) is 2.93. The molecular formula is C16H18N2O2S. The van der Waals surface area contributed by atoms with Gasteiger partial charge in [-0.1, -0.05) is 30.3 Å². The van der Waals surface area contributed by atoms with E-state index in [1.54, 1.807) is 11.3 Å². The van der Waals surface area contributed by atoms with Crippen LogP contribution in [0, 0.1) is 0 Å². The Balaban J connectivity index is 1.56. The quantitative estimate of drug-likeness (QED) is 0.944. The van der Waals surface area contributed by atoms with Crippen LogP contribution in [0.25, 0.3) is 0 Å². The number of carbonyl (C=O) groups excluding carboxylic acids is 1. The molecule has 3 rings (SSSR count). The molecule has 4 nitrogen and oxygen atoms in total. The highest BCUT2D eigenvalue weighted by Gasteiger charge is 2.26. The van der Waals surface area contributed by atoms with Gasteiger partial charge in [0.1, 0.15) is 6.10 Å². The highest BCUT2D eigenvalue weighted by molar-refractivity contribution is 7.08. The number of hydrogen-bond acceptors (Lipinski definition) is 4. The summed E-state index contributed by atoms with van der Waals surface area (Å²) in [6.07, 6.45) is -0.401. The third kappa shape index (κ3) is 3.91. The van der Waals surface area contributed by atoms with E-state index < -0.39 is 6.10 Å². The second kappa shape index (κ2) is 6.85. The van der Waals surface area contributed by atoms with Crippen LogP contribution in [0.1, 0.15) is 5.56 Å². The number of anilines is 1. The van der Waals surface area contributed by atoms with Crippen LogP contribution in [0.5, 0.6) is 0 Å². The molecule has 1 fully saturated rings. The number of carbonyl (C=O) groups is 1. The monoisotopic (exact) mass is 302 g/mol. The summed E-state index contributed by atoms with van der Waals surface area (Å²) in [4.78, 5) is 14.5. The average molecular weight is 302 g/mol. The standard InChI is InChI=1S/C16H18N2O2S/c19-16(17-14-6-9-21-12-14)15-11-18(7-8-20-15)10-13-4-2-1-3-5-13/h1-6,9,12,15H,7-8,10-11H2,(H,17,19)/t15-/m0/s1. The molecule has 2 aromatic rings. The summed E-state index contributed by atoms with van der Waals surface area (Å²) in [5.74, 6) is -0.0637. The summed E-state index contributed by atoms with van der Waals surface area (Å²) in [6, 6.07) is 12.2. The molecule has 1 aromatic heterocycles. The van der Waals surface area contributed by atoms with Gasteiger partial charge in [0.25, 0.3) is 5.91 Å². The number of ether oxygens (including phenoxy) is 1. The minimum atomic E-state index is -0.401. The van der Waals surface area contributed by atoms with Gasteiger partial charge in [0.15, 0.2) is 0 Å². The molecule has 1 N–H and O–H groups in total. The number of nitrogens with one attached hydrogen (secondary N) is 1. The van der Waals surface area contributed by atoms with E-state index in [4.69, 9.17) is 4.74 Å². The van der Waals surface area contributed by atoms with Gasteiger partial charge in [-0.25, -0.2) is 0 Å². The number of thiophene rings is 1. The maximum absolute atomic E-state index is 12.2. The fraction of sp³-hybridized carbons (Fsp3) is 0.312. The Bertz CT molecular complexity index is 571. The average Bonchev–Trinajstić information content (AvgIpc) is 3.01. The summed E-state index contributed by atoms with van der Waals surface area (Å²) >= 11 is 1.56. The van der Waals surface area contributed by atoms with E-state index in [0.29, 0.717) is 13.2 Å². The molecule has 0 saturated carbocycles. The molecule has 1 aliphatic rings. The van der Waals surface area contributed by atoms with Gasteiger partial charge >= 0.3 is 0 Å². The zero-order chi connectivity index (χ0) is 14.5. The summed E-state index contributed by atoms with van der Waals surface area (Å²) in [5, 5.41) is 6.76. The van der Waals surface area contributed by atoms with Gasteiger partial charge in [-0.3, -0.25) is 9.69 Å². The Morgan fingerprint density at radius 1 is 1.33 bits per heavy atom. The lowest BCUT2D eigenvalue weighted by Gasteiger charge is -2.32. The molecule has 0 unspecified atom stereocenters. The van der Waals surface area contributed by atoms with Crippen LogP contribution in [0.2, 0.25) is 0 Å². The van der Waals surface area contributed by atoms with Gasteiger partial charge in [-0.15, -0.1) is 0 Å². The summed E-state index contributed by atoms with van der Waals surface area (Å²) < 4.78 is 5.61. The molecular weight excluding hydrogens is 284 g/mol. The van der Waals surface area contributed by atoms with Crippen LogP contribution in [0.15, 0.2) is 47.2 Å². The second-order valence-corrected chi connectivity index (χ2v) is 5.86. The highest BCUT2D eigenvalue weighted by Crippen LogP contribution is 2.15. The molecule has 1 aromatic carbocycles. The summed E-state index contributed by atoms with van der Waals surface area (Å²) in [7, 11) is 0. The van der Waals surface area contributed by atoms with Gasteiger partial charge in [0.2, 0.25) is 0 Å². The van der Waals surface area contributed by atoms with Crippen LogP contribution in [-0.4, -0.2) is 36.6 Å². The molecule has 0 radical (unpaired) electrons. The SMILES string of the molecule is O=C(Nc1ccsc1)[C@@H]1CN(Cc2ccccc2)CCO1. The number of amides is 1. The van der Waals surface area contributed by atoms with Crippen molar-refractivity contribution in [2.75, 3.05) is 25.0 Å². The maximum Gasteiger partial charge on any atom is 0.254 e. The van der Waals surface area contributed by atoms with Crippen LogP contribution >= 0.6 is 11.3 Å². The van der Waals surface area contributed by atoms with Gasteiger partial charge in [-0.05, 0) is 17.0 Å². The number of hydrogen-bond donors (Lipinski definition) is 1. The van der Waals surface area contributed by atoms with Crippen LogP contribution in [-0.2, 0) is 16.1 Å². The Hall–Kier alpha value is -1.69. The lowest BCUT2D eigenvalue weighted by molar-refractivity contribution is -0.133. The van der Waals surface area contributed by atoms with Gasteiger partial charge in [0.05, 0.1) is 12.3 Å². The topological polar surface area (TPSA) is 41.6 Å². The van der Waals surface area contributed by atoms with E-state index >= 15 is 0 Å². The van der Waals surface area contributed by atoms with Crippen molar-refractivity contribution >= 4 is 22.9 Å². The Kier molecular flexibility index (Phi) is 4.65. The van der Waals surface area contributed by atoms with E-state index in [1.807, 2.05) is 35.0 Å². The molecule has 0 spiro atoms.